The van der Waals surface area contributed by atoms with Gasteiger partial charge in [0.05, 0.1) is 6.54 Å². The van der Waals surface area contributed by atoms with Gasteiger partial charge in [0.2, 0.25) is 5.91 Å². The van der Waals surface area contributed by atoms with Crippen LogP contribution in [-0.2, 0) is 14.3 Å². The highest BCUT2D eigenvalue weighted by Crippen LogP contribution is 2.31. The number of hydrogen-bond donors (Lipinski definition) is 1. The third kappa shape index (κ3) is 5.68. The normalized spacial score (nSPS) is 24.3. The van der Waals surface area contributed by atoms with Gasteiger partial charge in [-0.2, -0.15) is 0 Å². The molecule has 7 heteroatoms. The topological polar surface area (TPSA) is 75.7 Å². The molecule has 2 rings (SSSR count). The summed E-state index contributed by atoms with van der Waals surface area (Å²) in [4.78, 5) is 38.2. The maximum atomic E-state index is 13.5. The molecule has 0 aromatic carbocycles. The van der Waals surface area contributed by atoms with Gasteiger partial charge in [-0.15, -0.1) is 0 Å². The fraction of sp³-hybridized carbons (Fsp3) is 0.842. The fourth-order valence-corrected chi connectivity index (χ4v) is 3.73. The van der Waals surface area contributed by atoms with Gasteiger partial charge in [0.1, 0.15) is 23.6 Å². The SMILES string of the molecule is C[C@@H](C1CCC(=O)CC1)[C@H](NC(=O)OC(C)(C)C)C(=O)N1CC[C@H](F)C1. The van der Waals surface area contributed by atoms with Gasteiger partial charge in [0, 0.05) is 19.4 Å². The third-order valence-electron chi connectivity index (χ3n) is 5.24. The molecular formula is C19H31FN2O4. The van der Waals surface area contributed by atoms with E-state index in [1.165, 1.54) is 4.90 Å². The Morgan fingerprint density at radius 2 is 1.85 bits per heavy atom. The molecule has 0 radical (unpaired) electrons. The standard InChI is InChI=1S/C19H31FN2O4/c1-12(13-5-7-15(23)8-6-13)16(21-18(25)26-19(2,3)4)17(24)22-10-9-14(20)11-22/h12-14,16H,5-11H2,1-4H3,(H,21,25)/t12-,14-,16-/m0/s1. The first kappa shape index (κ1) is 20.6. The van der Waals surface area contributed by atoms with Crippen LogP contribution >= 0.6 is 0 Å². The van der Waals surface area contributed by atoms with Crippen LogP contribution in [0.2, 0.25) is 0 Å². The molecule has 0 unspecified atom stereocenters. The lowest BCUT2D eigenvalue weighted by atomic mass is 9.77. The molecule has 148 valence electrons. The van der Waals surface area contributed by atoms with E-state index in [1.54, 1.807) is 20.8 Å². The van der Waals surface area contributed by atoms with Crippen molar-refractivity contribution in [2.75, 3.05) is 13.1 Å². The second-order valence-electron chi connectivity index (χ2n) is 8.53. The van der Waals surface area contributed by atoms with E-state index in [9.17, 15) is 18.8 Å². The number of carbonyl (C=O) groups is 3. The molecule has 1 aliphatic heterocycles. The quantitative estimate of drug-likeness (QED) is 0.826. The summed E-state index contributed by atoms with van der Waals surface area (Å²) in [6, 6.07) is -0.770. The Morgan fingerprint density at radius 3 is 2.35 bits per heavy atom. The molecule has 1 saturated carbocycles. The predicted octanol–water partition coefficient (Wildman–Crippen LogP) is 2.85. The number of alkyl carbamates (subject to hydrolysis) is 1. The molecule has 1 aliphatic carbocycles. The summed E-state index contributed by atoms with van der Waals surface area (Å²) in [5.41, 5.74) is -0.671. The Hall–Kier alpha value is -1.66. The average molecular weight is 370 g/mol. The number of ketones is 1. The van der Waals surface area contributed by atoms with Crippen molar-refractivity contribution in [3.63, 3.8) is 0 Å². The van der Waals surface area contributed by atoms with Crippen LogP contribution in [0.5, 0.6) is 0 Å². The Morgan fingerprint density at radius 1 is 1.23 bits per heavy atom. The molecule has 0 bridgehead atoms. The lowest BCUT2D eigenvalue weighted by Gasteiger charge is -2.35. The van der Waals surface area contributed by atoms with Crippen LogP contribution in [0.25, 0.3) is 0 Å². The van der Waals surface area contributed by atoms with Crippen LogP contribution < -0.4 is 5.32 Å². The predicted molar refractivity (Wildman–Crippen MR) is 95.4 cm³/mol. The molecule has 26 heavy (non-hydrogen) atoms. The number of rotatable bonds is 4. The first-order valence-corrected chi connectivity index (χ1v) is 9.51. The van der Waals surface area contributed by atoms with Gasteiger partial charge in [-0.3, -0.25) is 9.59 Å². The Labute approximate surface area is 154 Å². The van der Waals surface area contributed by atoms with Gasteiger partial charge in [-0.25, -0.2) is 9.18 Å². The number of nitrogens with zero attached hydrogens (tertiary/aromatic N) is 1. The summed E-state index contributed by atoms with van der Waals surface area (Å²) in [5, 5.41) is 2.71. The molecule has 3 atom stereocenters. The van der Waals surface area contributed by atoms with E-state index < -0.39 is 23.9 Å². The number of hydrogen-bond acceptors (Lipinski definition) is 4. The van der Waals surface area contributed by atoms with Crippen molar-refractivity contribution in [3.8, 4) is 0 Å². The summed E-state index contributed by atoms with van der Waals surface area (Å²) in [6.45, 7) is 7.63. The van der Waals surface area contributed by atoms with E-state index in [0.717, 1.165) is 0 Å². The maximum Gasteiger partial charge on any atom is 0.408 e. The number of ether oxygens (including phenoxy) is 1. The molecule has 0 aromatic heterocycles. The molecule has 2 fully saturated rings. The van der Waals surface area contributed by atoms with Crippen LogP contribution in [-0.4, -0.2) is 53.6 Å². The smallest absolute Gasteiger partial charge is 0.408 e. The van der Waals surface area contributed by atoms with E-state index in [1.807, 2.05) is 6.92 Å². The maximum absolute atomic E-state index is 13.5. The number of nitrogens with one attached hydrogen (secondary N) is 1. The largest absolute Gasteiger partial charge is 0.444 e. The zero-order chi connectivity index (χ0) is 19.5. The second kappa shape index (κ2) is 8.35. The summed E-state index contributed by atoms with van der Waals surface area (Å²) in [6.07, 6.45) is 1.13. The van der Waals surface area contributed by atoms with Crippen LogP contribution in [0.3, 0.4) is 0 Å². The summed E-state index contributed by atoms with van der Waals surface area (Å²) in [5.74, 6) is -0.00112. The highest BCUT2D eigenvalue weighted by Gasteiger charge is 2.39. The minimum absolute atomic E-state index is 0.0706. The zero-order valence-corrected chi connectivity index (χ0v) is 16.2. The van der Waals surface area contributed by atoms with Gasteiger partial charge in [-0.05, 0) is 51.9 Å². The van der Waals surface area contributed by atoms with Gasteiger partial charge in [-0.1, -0.05) is 6.92 Å². The third-order valence-corrected chi connectivity index (χ3v) is 5.24. The summed E-state index contributed by atoms with van der Waals surface area (Å²) >= 11 is 0. The van der Waals surface area contributed by atoms with Crippen LogP contribution in [0, 0.1) is 11.8 Å². The molecule has 0 spiro atoms. The lowest BCUT2D eigenvalue weighted by molar-refractivity contribution is -0.134. The van der Waals surface area contributed by atoms with E-state index in [0.29, 0.717) is 38.6 Å². The first-order chi connectivity index (χ1) is 12.1. The van der Waals surface area contributed by atoms with Crippen molar-refractivity contribution >= 4 is 17.8 Å². The minimum Gasteiger partial charge on any atom is -0.444 e. The number of alkyl halides is 1. The van der Waals surface area contributed by atoms with E-state index >= 15 is 0 Å². The number of likely N-dealkylation sites (tertiary alicyclic amines) is 1. The van der Waals surface area contributed by atoms with Crippen LogP contribution in [0.15, 0.2) is 0 Å². The van der Waals surface area contributed by atoms with Gasteiger partial charge in [0.25, 0.3) is 0 Å². The Kier molecular flexibility index (Phi) is 6.64. The second-order valence-corrected chi connectivity index (χ2v) is 8.53. The van der Waals surface area contributed by atoms with Crippen molar-refractivity contribution in [1.82, 2.24) is 10.2 Å². The van der Waals surface area contributed by atoms with Gasteiger partial charge >= 0.3 is 6.09 Å². The average Bonchev–Trinajstić information content (AvgIpc) is 2.97. The molecule has 1 N–H and O–H groups in total. The summed E-state index contributed by atoms with van der Waals surface area (Å²) < 4.78 is 18.8. The van der Waals surface area contributed by atoms with E-state index in [-0.39, 0.29) is 30.1 Å². The first-order valence-electron chi connectivity index (χ1n) is 9.51. The molecule has 2 amide bonds. The highest BCUT2D eigenvalue weighted by molar-refractivity contribution is 5.86. The Bertz CT molecular complexity index is 536. The van der Waals surface area contributed by atoms with Crippen molar-refractivity contribution in [3.05, 3.63) is 0 Å². The molecule has 6 nitrogen and oxygen atoms in total. The van der Waals surface area contributed by atoms with E-state index in [4.69, 9.17) is 4.74 Å². The van der Waals surface area contributed by atoms with Crippen molar-refractivity contribution in [1.29, 1.82) is 0 Å². The molecule has 1 heterocycles. The Balaban J connectivity index is 2.10. The van der Waals surface area contributed by atoms with Gasteiger partial charge in [0.15, 0.2) is 0 Å². The number of carbonyl (C=O) groups excluding carboxylic acids is 3. The van der Waals surface area contributed by atoms with Crippen LogP contribution in [0.4, 0.5) is 9.18 Å². The van der Waals surface area contributed by atoms with E-state index in [2.05, 4.69) is 5.32 Å². The molecular weight excluding hydrogens is 339 g/mol. The number of halogens is 1. The molecule has 0 aromatic rings. The van der Waals surface area contributed by atoms with Crippen molar-refractivity contribution in [2.24, 2.45) is 11.8 Å². The number of Topliss-reactive ketones (excluding diaryl/α,β-unsaturated/α-hetero) is 1. The highest BCUT2D eigenvalue weighted by atomic mass is 19.1. The molecule has 1 saturated heterocycles. The zero-order valence-electron chi connectivity index (χ0n) is 16.2. The number of amides is 2. The van der Waals surface area contributed by atoms with Crippen LogP contribution in [0.1, 0.15) is 59.8 Å². The fourth-order valence-electron chi connectivity index (χ4n) is 3.73. The minimum atomic E-state index is -1.01. The van der Waals surface area contributed by atoms with Crippen molar-refractivity contribution < 1.29 is 23.5 Å². The lowest BCUT2D eigenvalue weighted by Crippen LogP contribution is -2.53. The summed E-state index contributed by atoms with van der Waals surface area (Å²) in [7, 11) is 0. The monoisotopic (exact) mass is 370 g/mol. The van der Waals surface area contributed by atoms with Gasteiger partial charge < -0.3 is 15.0 Å². The molecule has 2 aliphatic rings. The van der Waals surface area contributed by atoms with Crippen molar-refractivity contribution in [2.45, 2.75) is 77.6 Å².